The molecule has 1 amide bonds. The zero-order valence-corrected chi connectivity index (χ0v) is 12.0. The van der Waals surface area contributed by atoms with Crippen molar-refractivity contribution in [2.24, 2.45) is 0 Å². The molecule has 2 saturated heterocycles. The zero-order chi connectivity index (χ0) is 12.5. The minimum Gasteiger partial charge on any atom is -0.341 e. The zero-order valence-electron chi connectivity index (χ0n) is 11.2. The van der Waals surface area contributed by atoms with E-state index in [9.17, 15) is 4.79 Å². The van der Waals surface area contributed by atoms with Crippen LogP contribution in [0.5, 0.6) is 0 Å². The van der Waals surface area contributed by atoms with Gasteiger partial charge in [-0.25, -0.2) is 0 Å². The molecule has 98 valence electrons. The average molecular weight is 256 g/mol. The lowest BCUT2D eigenvalue weighted by Gasteiger charge is -2.41. The summed E-state index contributed by atoms with van der Waals surface area (Å²) in [4.78, 5) is 14.6. The van der Waals surface area contributed by atoms with E-state index < -0.39 is 0 Å². The summed E-state index contributed by atoms with van der Waals surface area (Å²) in [6.45, 7) is 6.19. The molecule has 1 unspecified atom stereocenters. The molecule has 0 aromatic carbocycles. The minimum atomic E-state index is -0.132. The smallest absolute Gasteiger partial charge is 0.238 e. The van der Waals surface area contributed by atoms with Crippen LogP contribution in [0.2, 0.25) is 0 Å². The third-order valence-electron chi connectivity index (χ3n) is 4.43. The minimum absolute atomic E-state index is 0.132. The number of piperidine rings is 1. The number of amides is 1. The number of carbonyl (C=O) groups is 1. The van der Waals surface area contributed by atoms with Gasteiger partial charge in [-0.15, -0.1) is 11.8 Å². The van der Waals surface area contributed by atoms with E-state index in [1.54, 1.807) is 0 Å². The normalized spacial score (nSPS) is 32.8. The predicted molar refractivity (Wildman–Crippen MR) is 73.4 cm³/mol. The Morgan fingerprint density at radius 3 is 2.35 bits per heavy atom. The van der Waals surface area contributed by atoms with E-state index >= 15 is 0 Å². The third kappa shape index (κ3) is 2.63. The molecular formula is C13H24N2OS. The Hall–Kier alpha value is -0.220. The summed E-state index contributed by atoms with van der Waals surface area (Å²) in [5.74, 6) is 1.52. The molecule has 0 bridgehead atoms. The Morgan fingerprint density at radius 2 is 1.88 bits per heavy atom. The quantitative estimate of drug-likeness (QED) is 0.818. The van der Waals surface area contributed by atoms with Crippen molar-refractivity contribution in [3.05, 3.63) is 0 Å². The van der Waals surface area contributed by atoms with Crippen LogP contribution in [0.3, 0.4) is 0 Å². The fraction of sp³-hybridized carbons (Fsp3) is 0.923. The second-order valence-electron chi connectivity index (χ2n) is 5.79. The maximum absolute atomic E-state index is 12.5. The van der Waals surface area contributed by atoms with Crippen molar-refractivity contribution in [1.29, 1.82) is 0 Å². The van der Waals surface area contributed by atoms with Crippen LogP contribution >= 0.6 is 11.8 Å². The van der Waals surface area contributed by atoms with E-state index in [0.717, 1.165) is 38.1 Å². The van der Waals surface area contributed by atoms with Crippen LogP contribution < -0.4 is 5.32 Å². The Labute approximate surface area is 109 Å². The van der Waals surface area contributed by atoms with Crippen LogP contribution in [-0.4, -0.2) is 47.0 Å². The SMILES string of the molecule is CNC1(C)CCN(C(=O)C2(C)CCCS2)CC1. The van der Waals surface area contributed by atoms with Gasteiger partial charge in [-0.1, -0.05) is 0 Å². The van der Waals surface area contributed by atoms with Crippen molar-refractivity contribution in [3.8, 4) is 0 Å². The monoisotopic (exact) mass is 256 g/mol. The fourth-order valence-electron chi connectivity index (χ4n) is 2.74. The summed E-state index contributed by atoms with van der Waals surface area (Å²) < 4.78 is -0.132. The summed E-state index contributed by atoms with van der Waals surface area (Å²) >= 11 is 1.85. The molecule has 0 radical (unpaired) electrons. The average Bonchev–Trinajstić information content (AvgIpc) is 2.78. The molecule has 17 heavy (non-hydrogen) atoms. The highest BCUT2D eigenvalue weighted by atomic mass is 32.2. The number of nitrogens with zero attached hydrogens (tertiary/aromatic N) is 1. The molecule has 0 aromatic rings. The molecule has 0 saturated carbocycles. The van der Waals surface area contributed by atoms with Crippen LogP contribution in [0.4, 0.5) is 0 Å². The van der Waals surface area contributed by atoms with E-state index in [2.05, 4.69) is 24.1 Å². The van der Waals surface area contributed by atoms with Gasteiger partial charge in [0.15, 0.2) is 0 Å². The molecule has 4 heteroatoms. The van der Waals surface area contributed by atoms with Crippen LogP contribution in [-0.2, 0) is 4.79 Å². The van der Waals surface area contributed by atoms with Gasteiger partial charge in [-0.2, -0.15) is 0 Å². The molecule has 2 fully saturated rings. The predicted octanol–water partition coefficient (Wildman–Crippen LogP) is 1.87. The molecule has 1 N–H and O–H groups in total. The molecule has 2 rings (SSSR count). The molecule has 3 nitrogen and oxygen atoms in total. The molecule has 2 aliphatic heterocycles. The number of carbonyl (C=O) groups excluding carboxylic acids is 1. The molecule has 2 heterocycles. The first-order valence-electron chi connectivity index (χ1n) is 6.61. The van der Waals surface area contributed by atoms with Gasteiger partial charge in [0, 0.05) is 18.6 Å². The van der Waals surface area contributed by atoms with E-state index in [1.165, 1.54) is 6.42 Å². The first-order valence-corrected chi connectivity index (χ1v) is 7.60. The van der Waals surface area contributed by atoms with Crippen LogP contribution in [0.1, 0.15) is 39.5 Å². The number of rotatable bonds is 2. The molecule has 0 aliphatic carbocycles. The van der Waals surface area contributed by atoms with E-state index in [1.807, 2.05) is 18.8 Å². The molecular weight excluding hydrogens is 232 g/mol. The standard InChI is InChI=1S/C13H24N2OS/c1-12(14-3)6-8-15(9-7-12)11(16)13(2)5-4-10-17-13/h14H,4-10H2,1-3H3. The highest BCUT2D eigenvalue weighted by molar-refractivity contribution is 8.01. The van der Waals surface area contributed by atoms with Gasteiger partial charge in [0.1, 0.15) is 0 Å². The molecule has 0 spiro atoms. The summed E-state index contributed by atoms with van der Waals surface area (Å²) in [5.41, 5.74) is 0.223. The van der Waals surface area contributed by atoms with Crippen molar-refractivity contribution in [1.82, 2.24) is 10.2 Å². The van der Waals surface area contributed by atoms with Crippen LogP contribution in [0.25, 0.3) is 0 Å². The lowest BCUT2D eigenvalue weighted by molar-refractivity contribution is -0.135. The van der Waals surface area contributed by atoms with Crippen molar-refractivity contribution >= 4 is 17.7 Å². The molecule has 0 aromatic heterocycles. The topological polar surface area (TPSA) is 32.3 Å². The Kier molecular flexibility index (Phi) is 3.74. The lowest BCUT2D eigenvalue weighted by atomic mass is 9.89. The third-order valence-corrected chi connectivity index (χ3v) is 5.94. The van der Waals surface area contributed by atoms with Gasteiger partial charge in [0.25, 0.3) is 0 Å². The highest BCUT2D eigenvalue weighted by Gasteiger charge is 2.41. The summed E-state index contributed by atoms with van der Waals surface area (Å²) in [7, 11) is 2.02. The van der Waals surface area contributed by atoms with Gasteiger partial charge >= 0.3 is 0 Å². The van der Waals surface area contributed by atoms with Gasteiger partial charge in [-0.05, 0) is 52.3 Å². The fourth-order valence-corrected chi connectivity index (χ4v) is 4.02. The summed E-state index contributed by atoms with van der Waals surface area (Å²) in [6, 6.07) is 0. The largest absolute Gasteiger partial charge is 0.341 e. The number of nitrogens with one attached hydrogen (secondary N) is 1. The maximum Gasteiger partial charge on any atom is 0.238 e. The summed E-state index contributed by atoms with van der Waals surface area (Å²) in [5, 5.41) is 3.38. The Morgan fingerprint density at radius 1 is 1.24 bits per heavy atom. The molecule has 2 aliphatic rings. The van der Waals surface area contributed by atoms with Crippen molar-refractivity contribution in [2.45, 2.75) is 49.8 Å². The van der Waals surface area contributed by atoms with Crippen molar-refractivity contribution in [3.63, 3.8) is 0 Å². The van der Waals surface area contributed by atoms with Crippen LogP contribution in [0, 0.1) is 0 Å². The Bertz CT molecular complexity index is 292. The molecule has 1 atom stereocenters. The van der Waals surface area contributed by atoms with Crippen molar-refractivity contribution < 1.29 is 4.79 Å². The number of hydrogen-bond acceptors (Lipinski definition) is 3. The van der Waals surface area contributed by atoms with Gasteiger partial charge < -0.3 is 10.2 Å². The second kappa shape index (κ2) is 4.81. The Balaban J connectivity index is 1.94. The van der Waals surface area contributed by atoms with E-state index in [-0.39, 0.29) is 10.3 Å². The van der Waals surface area contributed by atoms with E-state index in [0.29, 0.717) is 5.91 Å². The first-order chi connectivity index (χ1) is 7.99. The number of thioether (sulfide) groups is 1. The lowest BCUT2D eigenvalue weighted by Crippen LogP contribution is -2.54. The highest BCUT2D eigenvalue weighted by Crippen LogP contribution is 2.40. The van der Waals surface area contributed by atoms with Gasteiger partial charge in [-0.3, -0.25) is 4.79 Å². The van der Waals surface area contributed by atoms with Gasteiger partial charge in [0.2, 0.25) is 5.91 Å². The summed E-state index contributed by atoms with van der Waals surface area (Å²) in [6.07, 6.45) is 4.37. The van der Waals surface area contributed by atoms with Crippen LogP contribution in [0.15, 0.2) is 0 Å². The van der Waals surface area contributed by atoms with Crippen molar-refractivity contribution in [2.75, 3.05) is 25.9 Å². The van der Waals surface area contributed by atoms with E-state index in [4.69, 9.17) is 0 Å². The maximum atomic E-state index is 12.5. The number of hydrogen-bond donors (Lipinski definition) is 1. The second-order valence-corrected chi connectivity index (χ2v) is 7.38. The van der Waals surface area contributed by atoms with Gasteiger partial charge in [0.05, 0.1) is 4.75 Å². The number of likely N-dealkylation sites (tertiary alicyclic amines) is 1. The first kappa shape index (κ1) is 13.2.